The summed E-state index contributed by atoms with van der Waals surface area (Å²) in [6.45, 7) is 3.56. The fraction of sp³-hybridized carbons (Fsp3) is 0.185. The molecule has 0 aromatic heterocycles. The number of nitrogens with one attached hydrogen (secondary N) is 1. The highest BCUT2D eigenvalue weighted by atomic mass is 16.6. The third kappa shape index (κ3) is 7.16. The monoisotopic (exact) mass is 536 g/mol. The van der Waals surface area contributed by atoms with Crippen LogP contribution in [0.5, 0.6) is 5.75 Å². The number of nitro groups is 1. The van der Waals surface area contributed by atoms with Crippen molar-refractivity contribution in [3.63, 3.8) is 0 Å². The van der Waals surface area contributed by atoms with Crippen LogP contribution in [0.25, 0.3) is 0 Å². The smallest absolute Gasteiger partial charge is 0.349 e. The number of aliphatic carboxylic acids is 1. The van der Waals surface area contributed by atoms with Crippen molar-refractivity contribution < 1.29 is 43.4 Å². The van der Waals surface area contributed by atoms with Gasteiger partial charge in [-0.2, -0.15) is 0 Å². The minimum Gasteiger partial charge on any atom is -0.495 e. The molecule has 0 aliphatic heterocycles. The number of carbonyl (C=O) groups is 4. The molecule has 0 aliphatic rings. The van der Waals surface area contributed by atoms with Crippen molar-refractivity contribution in [1.29, 1.82) is 0 Å². The number of benzene rings is 3. The number of esters is 2. The minimum absolute atomic E-state index is 0.000305. The molecule has 12 heteroatoms. The highest BCUT2D eigenvalue weighted by molar-refractivity contribution is 6.02. The molecule has 3 aromatic rings. The molecule has 12 nitrogen and oxygen atoms in total. The Kier molecular flexibility index (Phi) is 8.94. The maximum absolute atomic E-state index is 13.3. The van der Waals surface area contributed by atoms with Crippen LogP contribution in [0.2, 0.25) is 0 Å². The van der Waals surface area contributed by atoms with Gasteiger partial charge in [0.15, 0.2) is 0 Å². The lowest BCUT2D eigenvalue weighted by atomic mass is 10.1. The molecule has 3 aromatic carbocycles. The fourth-order valence-electron chi connectivity index (χ4n) is 3.35. The summed E-state index contributed by atoms with van der Waals surface area (Å²) in [5.74, 6) is -5.17. The van der Waals surface area contributed by atoms with Gasteiger partial charge >= 0.3 is 17.9 Å². The van der Waals surface area contributed by atoms with E-state index in [9.17, 15) is 34.4 Å². The maximum Gasteiger partial charge on any atom is 0.349 e. The van der Waals surface area contributed by atoms with Crippen LogP contribution < -0.4 is 10.1 Å². The van der Waals surface area contributed by atoms with Crippen molar-refractivity contribution in [2.75, 3.05) is 12.4 Å². The summed E-state index contributed by atoms with van der Waals surface area (Å²) >= 11 is 0. The number of methoxy groups -OCH3 is 1. The number of aryl methyl sites for hydroxylation is 2. The van der Waals surface area contributed by atoms with Crippen LogP contribution in [0, 0.1) is 24.0 Å². The van der Waals surface area contributed by atoms with E-state index in [1.54, 1.807) is 38.1 Å². The van der Waals surface area contributed by atoms with Gasteiger partial charge in [0.2, 0.25) is 12.2 Å². The largest absolute Gasteiger partial charge is 0.495 e. The van der Waals surface area contributed by atoms with Gasteiger partial charge in [0.05, 0.1) is 28.8 Å². The van der Waals surface area contributed by atoms with Gasteiger partial charge in [-0.15, -0.1) is 0 Å². The Labute approximate surface area is 222 Å². The number of hydrogen-bond donors (Lipinski definition) is 2. The van der Waals surface area contributed by atoms with E-state index >= 15 is 0 Å². The Morgan fingerprint density at radius 1 is 0.821 bits per heavy atom. The van der Waals surface area contributed by atoms with E-state index in [1.807, 2.05) is 0 Å². The van der Waals surface area contributed by atoms with Gasteiger partial charge < -0.3 is 24.6 Å². The normalized spacial score (nSPS) is 12.0. The molecule has 0 saturated carbocycles. The highest BCUT2D eigenvalue weighted by Gasteiger charge is 2.41. The van der Waals surface area contributed by atoms with Gasteiger partial charge in [-0.05, 0) is 44.2 Å². The molecule has 0 heterocycles. The number of amides is 1. The number of hydrogen-bond acceptors (Lipinski definition) is 9. The Hall–Kier alpha value is -5.26. The summed E-state index contributed by atoms with van der Waals surface area (Å²) in [5, 5.41) is 23.4. The number of rotatable bonds is 10. The second-order valence-corrected chi connectivity index (χ2v) is 8.35. The molecule has 2 atom stereocenters. The number of nitro benzene ring substituents is 1. The van der Waals surface area contributed by atoms with Crippen molar-refractivity contribution in [2.45, 2.75) is 26.1 Å². The van der Waals surface area contributed by atoms with E-state index in [2.05, 4.69) is 5.32 Å². The van der Waals surface area contributed by atoms with Crippen LogP contribution in [0.1, 0.15) is 31.8 Å². The van der Waals surface area contributed by atoms with Crippen LogP contribution in [-0.4, -0.2) is 53.2 Å². The van der Waals surface area contributed by atoms with Gasteiger partial charge in [-0.25, -0.2) is 14.4 Å². The zero-order valence-electron chi connectivity index (χ0n) is 21.1. The lowest BCUT2D eigenvalue weighted by molar-refractivity contribution is -0.384. The number of non-ortho nitro benzene ring substituents is 1. The van der Waals surface area contributed by atoms with Crippen LogP contribution in [0.4, 0.5) is 11.4 Å². The zero-order valence-corrected chi connectivity index (χ0v) is 21.1. The molecule has 39 heavy (non-hydrogen) atoms. The third-order valence-electron chi connectivity index (χ3n) is 5.47. The third-order valence-corrected chi connectivity index (χ3v) is 5.47. The van der Waals surface area contributed by atoms with Gasteiger partial charge in [-0.3, -0.25) is 14.9 Å². The lowest BCUT2D eigenvalue weighted by Crippen LogP contribution is -2.48. The van der Waals surface area contributed by atoms with Gasteiger partial charge in [-0.1, -0.05) is 35.4 Å². The van der Waals surface area contributed by atoms with E-state index in [0.29, 0.717) is 0 Å². The standard InChI is InChI=1S/C27H24N2O10/c1-15-4-8-17(9-5-15)26(33)38-22(23(25(31)32)39-27(34)18-10-6-16(2)7-11-18)24(30)28-20-14-19(29(35)36)12-13-21(20)37-3/h4-14,22-23H,1-3H3,(H,28,30)(H,31,32)/t22-,23-/m0/s1. The molecule has 1 amide bonds. The van der Waals surface area contributed by atoms with E-state index in [-0.39, 0.29) is 22.6 Å². The molecule has 0 fully saturated rings. The van der Waals surface area contributed by atoms with Crippen LogP contribution in [0.3, 0.4) is 0 Å². The van der Waals surface area contributed by atoms with E-state index in [0.717, 1.165) is 23.3 Å². The Bertz CT molecular complexity index is 1400. The number of carboxylic acid groups (broad SMARTS) is 1. The van der Waals surface area contributed by atoms with E-state index in [1.165, 1.54) is 37.4 Å². The summed E-state index contributed by atoms with van der Waals surface area (Å²) in [6.07, 6.45) is -4.48. The van der Waals surface area contributed by atoms with Gasteiger partial charge in [0, 0.05) is 12.1 Å². The molecule has 0 saturated heterocycles. The highest BCUT2D eigenvalue weighted by Crippen LogP contribution is 2.29. The summed E-state index contributed by atoms with van der Waals surface area (Å²) in [6, 6.07) is 15.3. The SMILES string of the molecule is COc1ccc([N+](=O)[O-])cc1NC(=O)[C@@H](OC(=O)c1ccc(C)cc1)[C@H](OC(=O)c1ccc(C)cc1)C(=O)O. The van der Waals surface area contributed by atoms with Crippen molar-refractivity contribution in [3.8, 4) is 5.75 Å². The zero-order chi connectivity index (χ0) is 28.7. The second-order valence-electron chi connectivity index (χ2n) is 8.35. The van der Waals surface area contributed by atoms with Crippen LogP contribution >= 0.6 is 0 Å². The quantitative estimate of drug-likeness (QED) is 0.221. The topological polar surface area (TPSA) is 171 Å². The van der Waals surface area contributed by atoms with Gasteiger partial charge in [0.1, 0.15) is 5.75 Å². The number of carbonyl (C=O) groups excluding carboxylic acids is 3. The Morgan fingerprint density at radius 2 is 1.31 bits per heavy atom. The summed E-state index contributed by atoms with van der Waals surface area (Å²) in [4.78, 5) is 61.6. The molecular formula is C27H24N2O10. The molecule has 0 radical (unpaired) electrons. The molecule has 3 rings (SSSR count). The Balaban J connectivity index is 1.98. The van der Waals surface area contributed by atoms with Gasteiger partial charge in [0.25, 0.3) is 11.6 Å². The number of nitrogens with zero attached hydrogens (tertiary/aromatic N) is 1. The average Bonchev–Trinajstić information content (AvgIpc) is 2.90. The average molecular weight is 536 g/mol. The summed E-state index contributed by atoms with van der Waals surface area (Å²) < 4.78 is 15.5. The fourth-order valence-corrected chi connectivity index (χ4v) is 3.35. The first-order valence-electron chi connectivity index (χ1n) is 11.4. The van der Waals surface area contributed by atoms with E-state index < -0.39 is 46.6 Å². The second kappa shape index (κ2) is 12.3. The molecule has 0 unspecified atom stereocenters. The predicted octanol–water partition coefficient (Wildman–Crippen LogP) is 3.69. The first kappa shape index (κ1) is 28.3. The molecular weight excluding hydrogens is 512 g/mol. The predicted molar refractivity (Wildman–Crippen MR) is 137 cm³/mol. The number of anilines is 1. The lowest BCUT2D eigenvalue weighted by Gasteiger charge is -2.24. The van der Waals surface area contributed by atoms with E-state index in [4.69, 9.17) is 14.2 Å². The molecule has 2 N–H and O–H groups in total. The van der Waals surface area contributed by atoms with Crippen molar-refractivity contribution in [1.82, 2.24) is 0 Å². The van der Waals surface area contributed by atoms with Crippen molar-refractivity contribution in [3.05, 3.63) is 99.1 Å². The number of carboxylic acids is 1. The number of ether oxygens (including phenoxy) is 3. The summed E-state index contributed by atoms with van der Waals surface area (Å²) in [5.41, 5.74) is 1.05. The molecule has 0 bridgehead atoms. The molecule has 202 valence electrons. The van der Waals surface area contributed by atoms with Crippen LogP contribution in [-0.2, 0) is 19.1 Å². The minimum atomic E-state index is -2.28. The van der Waals surface area contributed by atoms with Crippen LogP contribution in [0.15, 0.2) is 66.7 Å². The maximum atomic E-state index is 13.3. The van der Waals surface area contributed by atoms with Crippen molar-refractivity contribution >= 4 is 35.2 Å². The van der Waals surface area contributed by atoms with Crippen molar-refractivity contribution in [2.24, 2.45) is 0 Å². The molecule has 0 aliphatic carbocycles. The first-order chi connectivity index (χ1) is 18.5. The first-order valence-corrected chi connectivity index (χ1v) is 11.4. The Morgan fingerprint density at radius 3 is 1.74 bits per heavy atom. The molecule has 0 spiro atoms. The summed E-state index contributed by atoms with van der Waals surface area (Å²) in [7, 11) is 1.25.